The number of nitrogens with two attached hydrogens (primary N) is 1. The molecule has 0 bridgehead atoms. The van der Waals surface area contributed by atoms with E-state index in [2.05, 4.69) is 14.7 Å². The fourth-order valence-corrected chi connectivity index (χ4v) is 2.95. The molecule has 0 aromatic carbocycles. The first-order valence-corrected chi connectivity index (χ1v) is 6.67. The van der Waals surface area contributed by atoms with Gasteiger partial charge in [0.25, 0.3) is 0 Å². The highest BCUT2D eigenvalue weighted by molar-refractivity contribution is 7.89. The summed E-state index contributed by atoms with van der Waals surface area (Å²) in [4.78, 5) is 7.06. The molecule has 0 amide bonds. The highest BCUT2D eigenvalue weighted by Gasteiger charge is 2.20. The smallest absolute Gasteiger partial charge is 0.243 e. The molecular formula is C10H15ClN4O2S. The van der Waals surface area contributed by atoms with Gasteiger partial charge in [-0.1, -0.05) is 0 Å². The van der Waals surface area contributed by atoms with Crippen LogP contribution >= 0.6 is 12.4 Å². The van der Waals surface area contributed by atoms with Gasteiger partial charge < -0.3 is 10.7 Å². The maximum atomic E-state index is 12.1. The summed E-state index contributed by atoms with van der Waals surface area (Å²) in [6.07, 6.45) is 3.04. The van der Waals surface area contributed by atoms with E-state index in [1.54, 1.807) is 25.3 Å². The molecule has 2 aromatic heterocycles. The van der Waals surface area contributed by atoms with E-state index in [1.165, 1.54) is 6.20 Å². The van der Waals surface area contributed by atoms with Gasteiger partial charge in [-0.25, -0.2) is 18.1 Å². The van der Waals surface area contributed by atoms with Crippen molar-refractivity contribution in [1.82, 2.24) is 14.7 Å². The molecular weight excluding hydrogens is 276 g/mol. The summed E-state index contributed by atoms with van der Waals surface area (Å²) in [5, 5.41) is 0.573. The van der Waals surface area contributed by atoms with Crippen LogP contribution in [0.4, 0.5) is 0 Å². The highest BCUT2D eigenvalue weighted by atomic mass is 35.5. The van der Waals surface area contributed by atoms with Crippen LogP contribution in [-0.2, 0) is 10.0 Å². The fourth-order valence-electron chi connectivity index (χ4n) is 1.53. The van der Waals surface area contributed by atoms with E-state index in [4.69, 9.17) is 5.73 Å². The molecule has 18 heavy (non-hydrogen) atoms. The van der Waals surface area contributed by atoms with Crippen molar-refractivity contribution in [2.75, 3.05) is 6.54 Å². The summed E-state index contributed by atoms with van der Waals surface area (Å²) in [7, 11) is -3.56. The van der Waals surface area contributed by atoms with Gasteiger partial charge in [-0.05, 0) is 19.1 Å². The minimum Gasteiger partial charge on any atom is -0.345 e. The van der Waals surface area contributed by atoms with Gasteiger partial charge in [-0.3, -0.25) is 0 Å². The van der Waals surface area contributed by atoms with E-state index in [0.717, 1.165) is 0 Å². The number of hydrogen-bond donors (Lipinski definition) is 3. The van der Waals surface area contributed by atoms with Crippen molar-refractivity contribution in [2.45, 2.75) is 17.9 Å². The molecule has 0 spiro atoms. The predicted molar refractivity (Wildman–Crippen MR) is 72.2 cm³/mol. The van der Waals surface area contributed by atoms with Gasteiger partial charge in [0.1, 0.15) is 10.5 Å². The number of nitrogens with zero attached hydrogens (tertiary/aromatic N) is 1. The number of aromatic amines is 1. The number of rotatable bonds is 4. The topological polar surface area (TPSA) is 101 Å². The Hall–Kier alpha value is -1.15. The molecule has 0 saturated heterocycles. The normalized spacial score (nSPS) is 13.2. The minimum atomic E-state index is -3.56. The maximum Gasteiger partial charge on any atom is 0.243 e. The zero-order valence-electron chi connectivity index (χ0n) is 9.75. The molecule has 0 radical (unpaired) electrons. The van der Waals surface area contributed by atoms with Gasteiger partial charge in [-0.2, -0.15) is 0 Å². The first kappa shape index (κ1) is 14.9. The first-order valence-electron chi connectivity index (χ1n) is 5.19. The van der Waals surface area contributed by atoms with Crippen molar-refractivity contribution in [3.8, 4) is 0 Å². The Morgan fingerprint density at radius 2 is 2.28 bits per heavy atom. The lowest BCUT2D eigenvalue weighted by Gasteiger charge is -2.10. The molecule has 8 heteroatoms. The fraction of sp³-hybridized carbons (Fsp3) is 0.300. The standard InChI is InChI=1S/C10H14N4O2S.ClH/c1-7(5-11)14-17(15,16)9-6-13-10-8(9)3-2-4-12-10;/h2-4,6-7,14H,5,11H2,1H3,(H,12,13);1H/t7-;/m1./s1. The zero-order valence-corrected chi connectivity index (χ0v) is 11.4. The van der Waals surface area contributed by atoms with Gasteiger partial charge in [0.15, 0.2) is 0 Å². The quantitative estimate of drug-likeness (QED) is 0.768. The molecule has 0 aliphatic rings. The van der Waals surface area contributed by atoms with Gasteiger partial charge in [0, 0.05) is 30.4 Å². The predicted octanol–water partition coefficient (Wildman–Crippen LogP) is 0.610. The summed E-state index contributed by atoms with van der Waals surface area (Å²) >= 11 is 0. The molecule has 2 aromatic rings. The summed E-state index contributed by atoms with van der Waals surface area (Å²) in [6.45, 7) is 1.96. The van der Waals surface area contributed by atoms with E-state index in [9.17, 15) is 8.42 Å². The Morgan fingerprint density at radius 3 is 2.94 bits per heavy atom. The molecule has 0 aliphatic heterocycles. The van der Waals surface area contributed by atoms with Gasteiger partial charge in [0.05, 0.1) is 0 Å². The lowest BCUT2D eigenvalue weighted by Crippen LogP contribution is -2.37. The van der Waals surface area contributed by atoms with Crippen molar-refractivity contribution in [3.63, 3.8) is 0 Å². The van der Waals surface area contributed by atoms with Crippen molar-refractivity contribution >= 4 is 33.5 Å². The number of nitrogens with one attached hydrogen (secondary N) is 2. The molecule has 0 saturated carbocycles. The van der Waals surface area contributed by atoms with Crippen LogP contribution in [0, 0.1) is 0 Å². The van der Waals surface area contributed by atoms with Crippen LogP contribution in [0.1, 0.15) is 6.92 Å². The number of pyridine rings is 1. The van der Waals surface area contributed by atoms with Gasteiger partial charge >= 0.3 is 0 Å². The van der Waals surface area contributed by atoms with E-state index in [0.29, 0.717) is 11.0 Å². The average molecular weight is 291 g/mol. The minimum absolute atomic E-state index is 0. The van der Waals surface area contributed by atoms with Crippen LogP contribution in [0.5, 0.6) is 0 Å². The molecule has 1 atom stereocenters. The molecule has 100 valence electrons. The zero-order chi connectivity index (χ0) is 12.5. The summed E-state index contributed by atoms with van der Waals surface area (Å²) in [5.41, 5.74) is 5.95. The molecule has 2 rings (SSSR count). The lowest BCUT2D eigenvalue weighted by molar-refractivity contribution is 0.563. The summed E-state index contributed by atoms with van der Waals surface area (Å²) in [5.74, 6) is 0. The Labute approximate surface area is 111 Å². The van der Waals surface area contributed by atoms with Crippen LogP contribution in [-0.4, -0.2) is 31.0 Å². The number of hydrogen-bond acceptors (Lipinski definition) is 4. The third-order valence-corrected chi connectivity index (χ3v) is 4.04. The number of sulfonamides is 1. The SMILES string of the molecule is C[C@H](CN)NS(=O)(=O)c1c[nH]c2ncccc12.Cl. The number of halogens is 1. The summed E-state index contributed by atoms with van der Waals surface area (Å²) in [6, 6.07) is 3.10. The molecule has 0 unspecified atom stereocenters. The van der Waals surface area contributed by atoms with Gasteiger partial charge in [0.2, 0.25) is 10.0 Å². The van der Waals surface area contributed by atoms with Crippen LogP contribution < -0.4 is 10.5 Å². The second-order valence-electron chi connectivity index (χ2n) is 3.81. The van der Waals surface area contributed by atoms with E-state index < -0.39 is 10.0 Å². The van der Waals surface area contributed by atoms with Crippen molar-refractivity contribution < 1.29 is 8.42 Å². The number of aromatic nitrogens is 2. The Balaban J connectivity index is 0.00000162. The molecule has 6 nitrogen and oxygen atoms in total. The summed E-state index contributed by atoms with van der Waals surface area (Å²) < 4.78 is 26.6. The van der Waals surface area contributed by atoms with Crippen molar-refractivity contribution in [2.24, 2.45) is 5.73 Å². The monoisotopic (exact) mass is 290 g/mol. The van der Waals surface area contributed by atoms with E-state index in [1.807, 2.05) is 0 Å². The van der Waals surface area contributed by atoms with Crippen molar-refractivity contribution in [3.05, 3.63) is 24.5 Å². The average Bonchev–Trinajstić information content (AvgIpc) is 2.72. The van der Waals surface area contributed by atoms with Crippen LogP contribution in [0.2, 0.25) is 0 Å². The third kappa shape index (κ3) is 2.81. The largest absolute Gasteiger partial charge is 0.345 e. The number of fused-ring (bicyclic) bond motifs is 1. The molecule has 0 aliphatic carbocycles. The van der Waals surface area contributed by atoms with Crippen LogP contribution in [0.25, 0.3) is 11.0 Å². The van der Waals surface area contributed by atoms with Crippen molar-refractivity contribution in [1.29, 1.82) is 0 Å². The van der Waals surface area contributed by atoms with Crippen LogP contribution in [0.15, 0.2) is 29.4 Å². The maximum absolute atomic E-state index is 12.1. The second kappa shape index (κ2) is 5.66. The second-order valence-corrected chi connectivity index (χ2v) is 5.49. The lowest BCUT2D eigenvalue weighted by atomic mass is 10.3. The molecule has 2 heterocycles. The Kier molecular flexibility index (Phi) is 4.69. The number of H-pyrrole nitrogens is 1. The Morgan fingerprint density at radius 1 is 1.56 bits per heavy atom. The highest BCUT2D eigenvalue weighted by Crippen LogP contribution is 2.20. The third-order valence-electron chi connectivity index (χ3n) is 2.41. The van der Waals surface area contributed by atoms with Crippen LogP contribution in [0.3, 0.4) is 0 Å². The van der Waals surface area contributed by atoms with Gasteiger partial charge in [-0.15, -0.1) is 12.4 Å². The van der Waals surface area contributed by atoms with E-state index >= 15 is 0 Å². The van der Waals surface area contributed by atoms with E-state index in [-0.39, 0.29) is 29.9 Å². The Bertz CT molecular complexity index is 626. The molecule has 0 fully saturated rings. The first-order chi connectivity index (χ1) is 8.04. The molecule has 4 N–H and O–H groups in total.